The van der Waals surface area contributed by atoms with Gasteiger partial charge in [0.25, 0.3) is 5.91 Å². The summed E-state index contributed by atoms with van der Waals surface area (Å²) in [6, 6.07) is 15.1. The molecule has 0 saturated heterocycles. The lowest BCUT2D eigenvalue weighted by Crippen LogP contribution is -2.10. The maximum Gasteiger partial charge on any atom is 0.291 e. The highest BCUT2D eigenvalue weighted by atomic mass is 127. The summed E-state index contributed by atoms with van der Waals surface area (Å²) < 4.78 is 6.66. The Morgan fingerprint density at radius 2 is 1.95 bits per heavy atom. The van der Waals surface area contributed by atoms with Crippen LogP contribution in [0.2, 0.25) is 0 Å². The fraction of sp³-hybridized carbons (Fsp3) is 0.0625. The summed E-state index contributed by atoms with van der Waals surface area (Å²) in [5.74, 6) is 0.0858. The molecule has 100 valence electrons. The first-order chi connectivity index (χ1) is 9.63. The van der Waals surface area contributed by atoms with Crippen molar-refractivity contribution in [2.75, 3.05) is 5.32 Å². The van der Waals surface area contributed by atoms with Gasteiger partial charge in [-0.3, -0.25) is 4.79 Å². The lowest BCUT2D eigenvalue weighted by molar-refractivity contribution is 0.0998. The Labute approximate surface area is 130 Å². The van der Waals surface area contributed by atoms with Crippen LogP contribution in [0.5, 0.6) is 0 Å². The van der Waals surface area contributed by atoms with Crippen LogP contribution in [-0.2, 0) is 0 Å². The Balaban J connectivity index is 1.86. The minimum Gasteiger partial charge on any atom is -0.451 e. The molecule has 3 rings (SSSR count). The molecule has 0 aliphatic heterocycles. The van der Waals surface area contributed by atoms with Crippen LogP contribution in [0.1, 0.15) is 16.1 Å². The van der Waals surface area contributed by atoms with Gasteiger partial charge in [-0.2, -0.15) is 0 Å². The summed E-state index contributed by atoms with van der Waals surface area (Å²) in [4.78, 5) is 12.2. The van der Waals surface area contributed by atoms with Crippen molar-refractivity contribution in [1.82, 2.24) is 0 Å². The minimum absolute atomic E-state index is 0.235. The molecule has 0 bridgehead atoms. The number of benzene rings is 2. The predicted octanol–water partition coefficient (Wildman–Crippen LogP) is 4.60. The molecule has 0 spiro atoms. The third kappa shape index (κ3) is 2.56. The molecule has 1 heterocycles. The first kappa shape index (κ1) is 13.2. The number of amides is 1. The van der Waals surface area contributed by atoms with Gasteiger partial charge in [-0.15, -0.1) is 0 Å². The number of hydrogen-bond donors (Lipinski definition) is 1. The first-order valence-electron chi connectivity index (χ1n) is 6.19. The molecule has 0 saturated carbocycles. The average Bonchev–Trinajstić information content (AvgIpc) is 2.87. The van der Waals surface area contributed by atoms with Crippen LogP contribution in [0.4, 0.5) is 5.69 Å². The molecule has 0 radical (unpaired) electrons. The van der Waals surface area contributed by atoms with Gasteiger partial charge in [0.05, 0.1) is 0 Å². The van der Waals surface area contributed by atoms with E-state index < -0.39 is 0 Å². The molecule has 4 heteroatoms. The van der Waals surface area contributed by atoms with Crippen LogP contribution >= 0.6 is 22.6 Å². The van der Waals surface area contributed by atoms with Gasteiger partial charge in [-0.1, -0.05) is 24.3 Å². The highest BCUT2D eigenvalue weighted by molar-refractivity contribution is 14.1. The topological polar surface area (TPSA) is 42.2 Å². The molecule has 1 N–H and O–H groups in total. The fourth-order valence-corrected chi connectivity index (χ4v) is 2.47. The van der Waals surface area contributed by atoms with Gasteiger partial charge in [-0.25, -0.2) is 0 Å². The SMILES string of the molecule is Cc1ccc(NC(=O)c2cc3ccccc3o2)cc1I. The highest BCUT2D eigenvalue weighted by Gasteiger charge is 2.12. The molecule has 0 aliphatic carbocycles. The molecule has 0 atom stereocenters. The van der Waals surface area contributed by atoms with Crippen molar-refractivity contribution in [3.63, 3.8) is 0 Å². The second-order valence-electron chi connectivity index (χ2n) is 4.57. The Kier molecular flexibility index (Phi) is 3.48. The van der Waals surface area contributed by atoms with Crippen molar-refractivity contribution in [3.8, 4) is 0 Å². The third-order valence-electron chi connectivity index (χ3n) is 3.08. The number of anilines is 1. The summed E-state index contributed by atoms with van der Waals surface area (Å²) in [6.07, 6.45) is 0. The standard InChI is InChI=1S/C16H12INO2/c1-10-6-7-12(9-13(10)17)18-16(19)15-8-11-4-2-3-5-14(11)20-15/h2-9H,1H3,(H,18,19). The quantitative estimate of drug-likeness (QED) is 0.664. The lowest BCUT2D eigenvalue weighted by atomic mass is 10.2. The van der Waals surface area contributed by atoms with E-state index >= 15 is 0 Å². The number of hydrogen-bond acceptors (Lipinski definition) is 2. The van der Waals surface area contributed by atoms with Crippen LogP contribution in [0.15, 0.2) is 52.9 Å². The normalized spacial score (nSPS) is 10.7. The molecule has 0 aliphatic rings. The number of nitrogens with one attached hydrogen (secondary N) is 1. The molecule has 3 nitrogen and oxygen atoms in total. The number of carbonyl (C=O) groups is 1. The molecule has 1 aromatic heterocycles. The zero-order chi connectivity index (χ0) is 14.1. The zero-order valence-corrected chi connectivity index (χ0v) is 13.0. The van der Waals surface area contributed by atoms with Crippen molar-refractivity contribution in [2.24, 2.45) is 0 Å². The summed E-state index contributed by atoms with van der Waals surface area (Å²) in [6.45, 7) is 2.03. The van der Waals surface area contributed by atoms with Gasteiger partial charge in [0, 0.05) is 14.6 Å². The van der Waals surface area contributed by atoms with E-state index in [1.807, 2.05) is 49.4 Å². The first-order valence-corrected chi connectivity index (χ1v) is 7.27. The molecule has 0 fully saturated rings. The van der Waals surface area contributed by atoms with Gasteiger partial charge in [-0.05, 0) is 59.3 Å². The Hall–Kier alpha value is -1.82. The van der Waals surface area contributed by atoms with Gasteiger partial charge < -0.3 is 9.73 Å². The molecule has 20 heavy (non-hydrogen) atoms. The number of para-hydroxylation sites is 1. The van der Waals surface area contributed by atoms with Crippen molar-refractivity contribution in [3.05, 3.63) is 63.4 Å². The molecule has 0 unspecified atom stereocenters. The van der Waals surface area contributed by atoms with E-state index in [-0.39, 0.29) is 5.91 Å². The summed E-state index contributed by atoms with van der Waals surface area (Å²) in [5.41, 5.74) is 2.67. The second-order valence-corrected chi connectivity index (χ2v) is 5.73. The van der Waals surface area contributed by atoms with E-state index in [4.69, 9.17) is 4.42 Å². The zero-order valence-electron chi connectivity index (χ0n) is 10.8. The third-order valence-corrected chi connectivity index (χ3v) is 4.24. The number of halogens is 1. The molecular formula is C16H12INO2. The minimum atomic E-state index is -0.235. The number of rotatable bonds is 2. The van der Waals surface area contributed by atoms with E-state index in [2.05, 4.69) is 27.9 Å². The van der Waals surface area contributed by atoms with E-state index in [0.717, 1.165) is 20.2 Å². The van der Waals surface area contributed by atoms with Gasteiger partial charge in [0.15, 0.2) is 5.76 Å². The number of furan rings is 1. The Bertz CT molecular complexity index is 759. The van der Waals surface area contributed by atoms with Crippen molar-refractivity contribution >= 4 is 45.2 Å². The highest BCUT2D eigenvalue weighted by Crippen LogP contribution is 2.21. The van der Waals surface area contributed by atoms with E-state index in [0.29, 0.717) is 5.76 Å². The number of carbonyl (C=O) groups excluding carboxylic acids is 1. The van der Waals surface area contributed by atoms with Crippen molar-refractivity contribution in [2.45, 2.75) is 6.92 Å². The van der Waals surface area contributed by atoms with Gasteiger partial charge in [0.2, 0.25) is 0 Å². The molecular weight excluding hydrogens is 365 g/mol. The van der Waals surface area contributed by atoms with Crippen molar-refractivity contribution < 1.29 is 9.21 Å². The van der Waals surface area contributed by atoms with Crippen LogP contribution < -0.4 is 5.32 Å². The van der Waals surface area contributed by atoms with E-state index in [1.165, 1.54) is 5.56 Å². The average molecular weight is 377 g/mol. The van der Waals surface area contributed by atoms with Crippen LogP contribution in [-0.4, -0.2) is 5.91 Å². The smallest absolute Gasteiger partial charge is 0.291 e. The monoisotopic (exact) mass is 377 g/mol. The number of fused-ring (bicyclic) bond motifs is 1. The lowest BCUT2D eigenvalue weighted by Gasteiger charge is -2.05. The maximum absolute atomic E-state index is 12.2. The summed E-state index contributed by atoms with van der Waals surface area (Å²) in [5, 5.41) is 3.78. The summed E-state index contributed by atoms with van der Waals surface area (Å²) in [7, 11) is 0. The fourth-order valence-electron chi connectivity index (χ4n) is 1.96. The Morgan fingerprint density at radius 1 is 1.15 bits per heavy atom. The molecule has 1 amide bonds. The van der Waals surface area contributed by atoms with Gasteiger partial charge >= 0.3 is 0 Å². The molecule has 2 aromatic carbocycles. The Morgan fingerprint density at radius 3 is 2.70 bits per heavy atom. The van der Waals surface area contributed by atoms with E-state index in [9.17, 15) is 4.79 Å². The molecule has 3 aromatic rings. The van der Waals surface area contributed by atoms with Gasteiger partial charge in [0.1, 0.15) is 5.58 Å². The summed E-state index contributed by atoms with van der Waals surface area (Å²) >= 11 is 2.25. The van der Waals surface area contributed by atoms with Crippen LogP contribution in [0, 0.1) is 10.5 Å². The largest absolute Gasteiger partial charge is 0.451 e. The van der Waals surface area contributed by atoms with Crippen LogP contribution in [0.3, 0.4) is 0 Å². The maximum atomic E-state index is 12.2. The number of aryl methyl sites for hydroxylation is 1. The second kappa shape index (κ2) is 5.28. The van der Waals surface area contributed by atoms with Crippen molar-refractivity contribution in [1.29, 1.82) is 0 Å². The van der Waals surface area contributed by atoms with E-state index in [1.54, 1.807) is 6.07 Å². The predicted molar refractivity (Wildman–Crippen MR) is 88.1 cm³/mol. The van der Waals surface area contributed by atoms with Crippen LogP contribution in [0.25, 0.3) is 11.0 Å².